The first kappa shape index (κ1) is 18.2. The highest BCUT2D eigenvalue weighted by atomic mass is 35.5. The fraction of sp³-hybridized carbons (Fsp3) is 0.188. The van der Waals surface area contributed by atoms with Gasteiger partial charge in [0.2, 0.25) is 0 Å². The molecule has 2 aromatic carbocycles. The Hall–Kier alpha value is -2.65. The van der Waals surface area contributed by atoms with Crippen LogP contribution in [0.4, 0.5) is 11.4 Å². The molecule has 1 aliphatic heterocycles. The molecule has 0 radical (unpaired) electrons. The summed E-state index contributed by atoms with van der Waals surface area (Å²) < 4.78 is 43.4. The molecule has 0 aromatic heterocycles. The Labute approximate surface area is 155 Å². The molecule has 0 saturated heterocycles. The first-order valence-electron chi connectivity index (χ1n) is 7.35. The highest BCUT2D eigenvalue weighted by molar-refractivity contribution is 7.92. The molecule has 2 aromatic rings. The molecule has 0 spiro atoms. The zero-order chi connectivity index (χ0) is 18.9. The first-order valence-corrected chi connectivity index (χ1v) is 9.21. The molecule has 26 heavy (non-hydrogen) atoms. The number of hydrogen-bond acceptors (Lipinski definition) is 6. The molecule has 0 atom stereocenters. The highest BCUT2D eigenvalue weighted by Gasteiger charge is 2.25. The molecule has 0 aliphatic carbocycles. The average Bonchev–Trinajstić information content (AvgIpc) is 2.60. The molecular formula is C16H15ClN2O6S. The van der Waals surface area contributed by atoms with E-state index in [1.165, 1.54) is 38.5 Å². The standard InChI is InChI=1S/C16H15ClN2O6S/c1-23-12-4-3-9(5-14(12)24-2)19-26(21,22)15-7-13-11(6-10(15)17)18-16(20)8-25-13/h3-7,19H,8H2,1-2H3,(H,18,20). The minimum atomic E-state index is -4.01. The monoisotopic (exact) mass is 398 g/mol. The number of carbonyl (C=O) groups excluding carboxylic acids is 1. The van der Waals surface area contributed by atoms with Crippen LogP contribution in [0.5, 0.6) is 17.2 Å². The topological polar surface area (TPSA) is 103 Å². The van der Waals surface area contributed by atoms with Gasteiger partial charge in [0.15, 0.2) is 18.1 Å². The third-order valence-electron chi connectivity index (χ3n) is 3.59. The van der Waals surface area contributed by atoms with Crippen molar-refractivity contribution in [2.75, 3.05) is 30.9 Å². The molecule has 0 fully saturated rings. The normalized spacial score (nSPS) is 13.3. The molecular weight excluding hydrogens is 384 g/mol. The number of nitrogens with one attached hydrogen (secondary N) is 2. The number of methoxy groups -OCH3 is 2. The maximum absolute atomic E-state index is 12.7. The van der Waals surface area contributed by atoms with E-state index >= 15 is 0 Å². The molecule has 8 nitrogen and oxygen atoms in total. The smallest absolute Gasteiger partial charge is 0.263 e. The second-order valence-corrected chi connectivity index (χ2v) is 7.35. The summed E-state index contributed by atoms with van der Waals surface area (Å²) in [5.41, 5.74) is 0.585. The minimum absolute atomic E-state index is 0.0532. The van der Waals surface area contributed by atoms with Gasteiger partial charge in [0, 0.05) is 12.1 Å². The van der Waals surface area contributed by atoms with E-state index in [1.54, 1.807) is 6.07 Å². The minimum Gasteiger partial charge on any atom is -0.493 e. The Morgan fingerprint density at radius 1 is 1.15 bits per heavy atom. The predicted molar refractivity (Wildman–Crippen MR) is 95.9 cm³/mol. The molecule has 1 heterocycles. The van der Waals surface area contributed by atoms with Crippen LogP contribution in [0.3, 0.4) is 0 Å². The SMILES string of the molecule is COc1ccc(NS(=O)(=O)c2cc3c(cc2Cl)NC(=O)CO3)cc1OC. The van der Waals surface area contributed by atoms with Crippen molar-refractivity contribution in [1.29, 1.82) is 0 Å². The van der Waals surface area contributed by atoms with E-state index in [1.807, 2.05) is 0 Å². The van der Waals surface area contributed by atoms with Crippen molar-refractivity contribution in [2.45, 2.75) is 4.90 Å². The summed E-state index contributed by atoms with van der Waals surface area (Å²) in [5, 5.41) is 2.51. The van der Waals surface area contributed by atoms with E-state index in [9.17, 15) is 13.2 Å². The van der Waals surface area contributed by atoms with Crippen LogP contribution in [-0.4, -0.2) is 35.2 Å². The van der Waals surface area contributed by atoms with Gasteiger partial charge in [-0.15, -0.1) is 0 Å². The number of rotatable bonds is 5. The molecule has 1 aliphatic rings. The number of carbonyl (C=O) groups is 1. The lowest BCUT2D eigenvalue weighted by Gasteiger charge is -2.20. The number of benzene rings is 2. The lowest BCUT2D eigenvalue weighted by Crippen LogP contribution is -2.25. The number of halogens is 1. The summed E-state index contributed by atoms with van der Waals surface area (Å²) in [7, 11) is -1.08. The van der Waals surface area contributed by atoms with Crippen LogP contribution in [0.25, 0.3) is 0 Å². The van der Waals surface area contributed by atoms with Crippen molar-refractivity contribution in [3.63, 3.8) is 0 Å². The molecule has 0 unspecified atom stereocenters. The number of fused-ring (bicyclic) bond motifs is 1. The molecule has 0 bridgehead atoms. The van der Waals surface area contributed by atoms with Gasteiger partial charge < -0.3 is 19.5 Å². The summed E-state index contributed by atoms with van der Waals surface area (Å²) in [4.78, 5) is 11.2. The van der Waals surface area contributed by atoms with E-state index in [4.69, 9.17) is 25.8 Å². The Balaban J connectivity index is 1.95. The first-order chi connectivity index (χ1) is 12.3. The van der Waals surface area contributed by atoms with Gasteiger partial charge >= 0.3 is 0 Å². The van der Waals surface area contributed by atoms with Crippen LogP contribution in [0.1, 0.15) is 0 Å². The van der Waals surface area contributed by atoms with E-state index in [0.717, 1.165) is 0 Å². The molecule has 0 saturated carbocycles. The number of anilines is 2. The van der Waals surface area contributed by atoms with Crippen molar-refractivity contribution in [2.24, 2.45) is 0 Å². The van der Waals surface area contributed by atoms with Gasteiger partial charge in [-0.1, -0.05) is 11.6 Å². The number of hydrogen-bond donors (Lipinski definition) is 2. The van der Waals surface area contributed by atoms with E-state index < -0.39 is 10.0 Å². The average molecular weight is 399 g/mol. The largest absolute Gasteiger partial charge is 0.493 e. The van der Waals surface area contributed by atoms with Gasteiger partial charge in [0.25, 0.3) is 15.9 Å². The Kier molecular flexibility index (Phi) is 4.84. The quantitative estimate of drug-likeness (QED) is 0.802. The summed E-state index contributed by atoms with van der Waals surface area (Å²) >= 11 is 6.10. The second kappa shape index (κ2) is 6.93. The maximum Gasteiger partial charge on any atom is 0.263 e. The fourth-order valence-corrected chi connectivity index (χ4v) is 3.99. The van der Waals surface area contributed by atoms with Crippen LogP contribution >= 0.6 is 11.6 Å². The van der Waals surface area contributed by atoms with Crippen molar-refractivity contribution in [3.05, 3.63) is 35.4 Å². The second-order valence-electron chi connectivity index (χ2n) is 5.29. The highest BCUT2D eigenvalue weighted by Crippen LogP contribution is 2.37. The summed E-state index contributed by atoms with van der Waals surface area (Å²) in [6.07, 6.45) is 0. The predicted octanol–water partition coefficient (Wildman–Crippen LogP) is 2.49. The molecule has 10 heteroatoms. The summed E-state index contributed by atoms with van der Waals surface area (Å²) in [6, 6.07) is 7.18. The van der Waals surface area contributed by atoms with Crippen LogP contribution in [0.15, 0.2) is 35.2 Å². The summed E-state index contributed by atoms with van der Waals surface area (Å²) in [6.45, 7) is -0.197. The zero-order valence-electron chi connectivity index (χ0n) is 13.8. The molecule has 138 valence electrons. The van der Waals surface area contributed by atoms with Gasteiger partial charge in [-0.25, -0.2) is 8.42 Å². The Bertz CT molecular complexity index is 977. The van der Waals surface area contributed by atoms with Gasteiger partial charge in [-0.05, 0) is 18.2 Å². The number of amides is 1. The van der Waals surface area contributed by atoms with Crippen molar-refractivity contribution in [1.82, 2.24) is 0 Å². The van der Waals surface area contributed by atoms with Gasteiger partial charge in [0.05, 0.1) is 30.6 Å². The van der Waals surface area contributed by atoms with Gasteiger partial charge in [-0.3, -0.25) is 9.52 Å². The third kappa shape index (κ3) is 3.49. The Morgan fingerprint density at radius 2 is 1.88 bits per heavy atom. The number of sulfonamides is 1. The number of ether oxygens (including phenoxy) is 3. The van der Waals surface area contributed by atoms with Gasteiger partial charge in [0.1, 0.15) is 10.6 Å². The summed E-state index contributed by atoms with van der Waals surface area (Å²) in [5.74, 6) is 0.719. The maximum atomic E-state index is 12.7. The van der Waals surface area contributed by atoms with E-state index in [2.05, 4.69) is 10.0 Å². The fourth-order valence-electron chi connectivity index (χ4n) is 2.40. The van der Waals surface area contributed by atoms with E-state index in [-0.39, 0.29) is 33.9 Å². The van der Waals surface area contributed by atoms with Crippen LogP contribution in [0, 0.1) is 0 Å². The van der Waals surface area contributed by atoms with Gasteiger partial charge in [-0.2, -0.15) is 0 Å². The zero-order valence-corrected chi connectivity index (χ0v) is 15.4. The van der Waals surface area contributed by atoms with Crippen LogP contribution in [-0.2, 0) is 14.8 Å². The van der Waals surface area contributed by atoms with Crippen LogP contribution < -0.4 is 24.2 Å². The van der Waals surface area contributed by atoms with Crippen molar-refractivity contribution in [3.8, 4) is 17.2 Å². The van der Waals surface area contributed by atoms with Crippen molar-refractivity contribution >= 4 is 38.9 Å². The molecule has 2 N–H and O–H groups in total. The molecule has 1 amide bonds. The van der Waals surface area contributed by atoms with Crippen molar-refractivity contribution < 1.29 is 27.4 Å². The molecule has 3 rings (SSSR count). The third-order valence-corrected chi connectivity index (χ3v) is 5.44. The van der Waals surface area contributed by atoms with Crippen LogP contribution in [0.2, 0.25) is 5.02 Å². The lowest BCUT2D eigenvalue weighted by molar-refractivity contribution is -0.118. The Morgan fingerprint density at radius 3 is 2.58 bits per heavy atom. The van der Waals surface area contributed by atoms with E-state index in [0.29, 0.717) is 17.2 Å². The lowest BCUT2D eigenvalue weighted by atomic mass is 10.2.